The summed E-state index contributed by atoms with van der Waals surface area (Å²) >= 11 is 13.1. The van der Waals surface area contributed by atoms with E-state index in [1.165, 1.54) is 11.8 Å². The number of aliphatic imine (C=N–C) groups is 1. The number of nitrogens with zero attached hydrogens (tertiary/aromatic N) is 2. The zero-order valence-corrected chi connectivity index (χ0v) is 26.5. The number of hydrogen-bond acceptors (Lipinski definition) is 5. The van der Waals surface area contributed by atoms with Gasteiger partial charge in [-0.3, -0.25) is 9.69 Å². The average Bonchev–Trinajstić information content (AvgIpc) is 3.14. The molecule has 0 aliphatic carbocycles. The average molecular weight is 726 g/mol. The number of carbonyl (C=O) groups excluding carboxylic acids is 1. The lowest BCUT2D eigenvalue weighted by molar-refractivity contribution is -0.122. The first-order chi connectivity index (χ1) is 18.2. The van der Waals surface area contributed by atoms with Gasteiger partial charge in [0, 0.05) is 16.0 Å². The Morgan fingerprint density at radius 2 is 1.82 bits per heavy atom. The number of halogens is 3. The number of amidine groups is 1. The Hall–Kier alpha value is -2.01. The molecule has 0 N–H and O–H groups in total. The Balaban J connectivity index is 1.62. The van der Waals surface area contributed by atoms with E-state index in [0.29, 0.717) is 52.3 Å². The number of benzene rings is 3. The lowest BCUT2D eigenvalue weighted by Crippen LogP contribution is -2.32. The van der Waals surface area contributed by atoms with Crippen LogP contribution in [0.1, 0.15) is 31.9 Å². The Kier molecular flexibility index (Phi) is 10.2. The highest BCUT2D eigenvalue weighted by Crippen LogP contribution is 2.39. The van der Waals surface area contributed by atoms with Gasteiger partial charge in [-0.15, -0.1) is 0 Å². The highest BCUT2D eigenvalue weighted by molar-refractivity contribution is 14.1. The van der Waals surface area contributed by atoms with Crippen molar-refractivity contribution in [3.05, 3.63) is 89.8 Å². The van der Waals surface area contributed by atoms with E-state index in [1.54, 1.807) is 17.0 Å². The summed E-state index contributed by atoms with van der Waals surface area (Å²) in [6.45, 7) is 7.62. The van der Waals surface area contributed by atoms with Crippen molar-refractivity contribution in [2.75, 3.05) is 13.2 Å². The number of hydrogen-bond donors (Lipinski definition) is 0. The normalized spacial score (nSPS) is 15.7. The summed E-state index contributed by atoms with van der Waals surface area (Å²) in [6.07, 6.45) is 1.90. The predicted molar refractivity (Wildman–Crippen MR) is 169 cm³/mol. The van der Waals surface area contributed by atoms with Crippen molar-refractivity contribution in [2.45, 2.75) is 27.4 Å². The molecule has 3 aromatic rings. The van der Waals surface area contributed by atoms with Crippen molar-refractivity contribution in [3.8, 4) is 11.5 Å². The third kappa shape index (κ3) is 7.55. The molecule has 0 unspecified atom stereocenters. The molecule has 1 fully saturated rings. The summed E-state index contributed by atoms with van der Waals surface area (Å²) in [7, 11) is 0. The summed E-state index contributed by atoms with van der Waals surface area (Å²) in [5, 5.41) is 1.30. The first-order valence-electron chi connectivity index (χ1n) is 12.1. The molecule has 9 heteroatoms. The smallest absolute Gasteiger partial charge is 0.266 e. The van der Waals surface area contributed by atoms with E-state index in [2.05, 4.69) is 52.4 Å². The zero-order chi connectivity index (χ0) is 27.2. The molecule has 0 atom stereocenters. The maximum Gasteiger partial charge on any atom is 0.266 e. The summed E-state index contributed by atoms with van der Waals surface area (Å²) in [5.74, 6) is 1.57. The topological polar surface area (TPSA) is 51.1 Å². The summed E-state index contributed by atoms with van der Waals surface area (Å²) in [4.78, 5) is 20.5. The van der Waals surface area contributed by atoms with Gasteiger partial charge in [-0.25, -0.2) is 4.99 Å². The van der Waals surface area contributed by atoms with Gasteiger partial charge >= 0.3 is 0 Å². The summed E-state index contributed by atoms with van der Waals surface area (Å²) in [6, 6.07) is 19.2. The lowest BCUT2D eigenvalue weighted by atomic mass is 10.1. The molecule has 38 heavy (non-hydrogen) atoms. The van der Waals surface area contributed by atoms with Crippen LogP contribution in [0.15, 0.2) is 75.0 Å². The molecule has 1 saturated heterocycles. The van der Waals surface area contributed by atoms with Crippen molar-refractivity contribution < 1.29 is 14.3 Å². The molecule has 0 spiro atoms. The fourth-order valence-corrected chi connectivity index (χ4v) is 5.88. The third-order valence-corrected chi connectivity index (χ3v) is 8.00. The Labute approximate surface area is 254 Å². The first-order valence-corrected chi connectivity index (χ1v) is 15.2. The van der Waals surface area contributed by atoms with E-state index in [9.17, 15) is 4.79 Å². The van der Waals surface area contributed by atoms with Gasteiger partial charge in [0.1, 0.15) is 6.61 Å². The van der Waals surface area contributed by atoms with Crippen molar-refractivity contribution in [1.82, 2.24) is 4.90 Å². The first kappa shape index (κ1) is 29.0. The predicted octanol–water partition coefficient (Wildman–Crippen LogP) is 8.94. The number of thioether (sulfide) groups is 1. The van der Waals surface area contributed by atoms with Gasteiger partial charge in [-0.05, 0) is 113 Å². The number of amides is 1. The minimum atomic E-state index is -0.0556. The largest absolute Gasteiger partial charge is 0.490 e. The maximum absolute atomic E-state index is 13.4. The minimum Gasteiger partial charge on any atom is -0.490 e. The molecule has 0 aromatic heterocycles. The fourth-order valence-electron chi connectivity index (χ4n) is 3.71. The second-order valence-corrected chi connectivity index (χ2v) is 12.5. The molecule has 1 aliphatic heterocycles. The van der Waals surface area contributed by atoms with Crippen LogP contribution in [0.25, 0.3) is 6.08 Å². The molecule has 1 heterocycles. The molecule has 0 bridgehead atoms. The van der Waals surface area contributed by atoms with Gasteiger partial charge in [0.05, 0.1) is 20.8 Å². The molecular formula is C29H27BrClIN2O3S. The van der Waals surface area contributed by atoms with Gasteiger partial charge in [-0.2, -0.15) is 0 Å². The monoisotopic (exact) mass is 724 g/mol. The molecule has 0 saturated carbocycles. The van der Waals surface area contributed by atoms with Gasteiger partial charge in [-0.1, -0.05) is 53.5 Å². The van der Waals surface area contributed by atoms with Crippen LogP contribution in [0, 0.1) is 9.49 Å². The zero-order valence-electron chi connectivity index (χ0n) is 21.2. The van der Waals surface area contributed by atoms with Crippen LogP contribution in [-0.4, -0.2) is 29.1 Å². The molecule has 1 amide bonds. The quantitative estimate of drug-likeness (QED) is 0.163. The van der Waals surface area contributed by atoms with E-state index in [0.717, 1.165) is 24.9 Å². The van der Waals surface area contributed by atoms with Crippen molar-refractivity contribution >= 4 is 84.7 Å². The van der Waals surface area contributed by atoms with Crippen LogP contribution in [0.3, 0.4) is 0 Å². The highest BCUT2D eigenvalue weighted by Gasteiger charge is 2.34. The third-order valence-electron chi connectivity index (χ3n) is 5.41. The SMILES string of the molecule is CCOc1cc(/C=C2\SC(=Nc3ccc(Cl)cc3)N(CC(C)C)C2=O)cc(I)c1OCc1ccc(Br)cc1. The number of rotatable bonds is 9. The molecule has 4 rings (SSSR count). The van der Waals surface area contributed by atoms with Gasteiger partial charge < -0.3 is 9.47 Å². The van der Waals surface area contributed by atoms with E-state index in [1.807, 2.05) is 61.5 Å². The molecule has 198 valence electrons. The molecule has 5 nitrogen and oxygen atoms in total. The van der Waals surface area contributed by atoms with E-state index < -0.39 is 0 Å². The highest BCUT2D eigenvalue weighted by atomic mass is 127. The number of carbonyl (C=O) groups is 1. The van der Waals surface area contributed by atoms with Crippen LogP contribution in [-0.2, 0) is 11.4 Å². The van der Waals surface area contributed by atoms with Crippen LogP contribution in [0.4, 0.5) is 5.69 Å². The minimum absolute atomic E-state index is 0.0556. The van der Waals surface area contributed by atoms with E-state index in [-0.39, 0.29) is 5.91 Å². The van der Waals surface area contributed by atoms with Crippen LogP contribution >= 0.6 is 61.9 Å². The molecule has 3 aromatic carbocycles. The Morgan fingerprint density at radius 1 is 1.11 bits per heavy atom. The fraction of sp³-hybridized carbons (Fsp3) is 0.241. The van der Waals surface area contributed by atoms with E-state index >= 15 is 0 Å². The standard InChI is InChI=1S/C29H27BrClIN2O3S/c1-4-36-25-14-20(13-24(32)27(25)37-17-19-5-7-21(30)8-6-19)15-26-28(35)34(16-18(2)3)29(38-26)33-23-11-9-22(31)10-12-23/h5-15,18H,4,16-17H2,1-3H3/b26-15-,33-29?. The van der Waals surface area contributed by atoms with Crippen LogP contribution < -0.4 is 9.47 Å². The lowest BCUT2D eigenvalue weighted by Gasteiger charge is -2.17. The van der Waals surface area contributed by atoms with Crippen molar-refractivity contribution in [2.24, 2.45) is 10.9 Å². The molecule has 0 radical (unpaired) electrons. The van der Waals surface area contributed by atoms with Gasteiger partial charge in [0.15, 0.2) is 16.7 Å². The number of ether oxygens (including phenoxy) is 2. The maximum atomic E-state index is 13.4. The van der Waals surface area contributed by atoms with Crippen LogP contribution in [0.5, 0.6) is 11.5 Å². The van der Waals surface area contributed by atoms with Gasteiger partial charge in [0.25, 0.3) is 5.91 Å². The van der Waals surface area contributed by atoms with Crippen LogP contribution in [0.2, 0.25) is 5.02 Å². The second-order valence-electron chi connectivity index (χ2n) is 8.97. The second kappa shape index (κ2) is 13.4. The summed E-state index contributed by atoms with van der Waals surface area (Å²) < 4.78 is 14.0. The summed E-state index contributed by atoms with van der Waals surface area (Å²) in [5.41, 5.74) is 2.67. The van der Waals surface area contributed by atoms with Crippen molar-refractivity contribution in [3.63, 3.8) is 0 Å². The Bertz CT molecular complexity index is 1360. The van der Waals surface area contributed by atoms with Crippen molar-refractivity contribution in [1.29, 1.82) is 0 Å². The molecular weight excluding hydrogens is 699 g/mol. The Morgan fingerprint density at radius 3 is 2.47 bits per heavy atom. The van der Waals surface area contributed by atoms with Gasteiger partial charge in [0.2, 0.25) is 0 Å². The molecule has 1 aliphatic rings. The van der Waals surface area contributed by atoms with E-state index in [4.69, 9.17) is 26.1 Å².